The molecule has 1 saturated heterocycles. The minimum atomic E-state index is -1.32. The fourth-order valence-electron chi connectivity index (χ4n) is 2.92. The summed E-state index contributed by atoms with van der Waals surface area (Å²) >= 11 is 0. The minimum absolute atomic E-state index is 0.148. The second kappa shape index (κ2) is 7.48. The standard InChI is InChI=1S/C20H17FN4O3/c1-20(15-6-2-13(10-22)3-7-15)18(27)25(19(28)24-20)12-17(26)23-11-14-4-8-16(21)9-5-14/h2-9H,11-12H2,1H3,(H,23,26)(H,24,28). The Morgan fingerprint density at radius 1 is 1.18 bits per heavy atom. The summed E-state index contributed by atoms with van der Waals surface area (Å²) < 4.78 is 12.9. The summed E-state index contributed by atoms with van der Waals surface area (Å²) in [5.74, 6) is -1.45. The Morgan fingerprint density at radius 2 is 1.82 bits per heavy atom. The highest BCUT2D eigenvalue weighted by Crippen LogP contribution is 2.28. The second-order valence-electron chi connectivity index (χ2n) is 6.54. The van der Waals surface area contributed by atoms with Gasteiger partial charge in [0.25, 0.3) is 5.91 Å². The predicted octanol–water partition coefficient (Wildman–Crippen LogP) is 1.78. The van der Waals surface area contributed by atoms with Crippen LogP contribution in [0.15, 0.2) is 48.5 Å². The van der Waals surface area contributed by atoms with Gasteiger partial charge < -0.3 is 10.6 Å². The van der Waals surface area contributed by atoms with Crippen LogP contribution in [0.4, 0.5) is 9.18 Å². The molecule has 2 aromatic carbocycles. The first kappa shape index (κ1) is 19.0. The van der Waals surface area contributed by atoms with E-state index < -0.39 is 29.9 Å². The van der Waals surface area contributed by atoms with Gasteiger partial charge in [0.05, 0.1) is 11.6 Å². The van der Waals surface area contributed by atoms with Crippen LogP contribution in [0.5, 0.6) is 0 Å². The Bertz CT molecular complexity index is 966. The third-order valence-electron chi connectivity index (χ3n) is 4.57. The number of amides is 4. The number of nitriles is 1. The third-order valence-corrected chi connectivity index (χ3v) is 4.57. The predicted molar refractivity (Wildman–Crippen MR) is 97.0 cm³/mol. The van der Waals surface area contributed by atoms with E-state index in [-0.39, 0.29) is 12.4 Å². The lowest BCUT2D eigenvalue weighted by atomic mass is 9.91. The number of hydrogen-bond acceptors (Lipinski definition) is 4. The molecule has 2 aromatic rings. The number of nitrogens with zero attached hydrogens (tertiary/aromatic N) is 2. The molecule has 142 valence electrons. The van der Waals surface area contributed by atoms with E-state index in [0.717, 1.165) is 4.90 Å². The molecule has 8 heteroatoms. The quantitative estimate of drug-likeness (QED) is 0.772. The van der Waals surface area contributed by atoms with Gasteiger partial charge in [0.1, 0.15) is 17.9 Å². The molecule has 0 aliphatic carbocycles. The maximum Gasteiger partial charge on any atom is 0.325 e. The molecule has 1 aliphatic rings. The maximum atomic E-state index is 12.9. The molecule has 4 amide bonds. The van der Waals surface area contributed by atoms with Gasteiger partial charge in [-0.2, -0.15) is 5.26 Å². The summed E-state index contributed by atoms with van der Waals surface area (Å²) in [5, 5.41) is 14.1. The molecule has 0 saturated carbocycles. The van der Waals surface area contributed by atoms with Crippen molar-refractivity contribution in [3.05, 3.63) is 71.0 Å². The smallest absolute Gasteiger partial charge is 0.325 e. The minimum Gasteiger partial charge on any atom is -0.350 e. The zero-order valence-electron chi connectivity index (χ0n) is 15.0. The summed E-state index contributed by atoms with van der Waals surface area (Å²) in [7, 11) is 0. The topological polar surface area (TPSA) is 102 Å². The monoisotopic (exact) mass is 380 g/mol. The highest BCUT2D eigenvalue weighted by molar-refractivity contribution is 6.09. The number of carbonyl (C=O) groups excluding carboxylic acids is 3. The first-order valence-electron chi connectivity index (χ1n) is 8.49. The molecule has 7 nitrogen and oxygen atoms in total. The summed E-state index contributed by atoms with van der Waals surface area (Å²) in [6.45, 7) is 1.26. The average molecular weight is 380 g/mol. The molecule has 0 spiro atoms. The molecule has 0 radical (unpaired) electrons. The molecule has 1 atom stereocenters. The van der Waals surface area contributed by atoms with Crippen molar-refractivity contribution in [2.45, 2.75) is 19.0 Å². The number of hydrogen-bond donors (Lipinski definition) is 2. The molecule has 3 rings (SSSR count). The van der Waals surface area contributed by atoms with E-state index in [0.29, 0.717) is 16.7 Å². The van der Waals surface area contributed by atoms with Crippen LogP contribution in [0.1, 0.15) is 23.6 Å². The normalized spacial score (nSPS) is 18.5. The number of imide groups is 1. The third kappa shape index (κ3) is 3.69. The Labute approximate surface area is 160 Å². The van der Waals surface area contributed by atoms with Gasteiger partial charge in [-0.3, -0.25) is 14.5 Å². The maximum absolute atomic E-state index is 12.9. The van der Waals surface area contributed by atoms with Crippen molar-refractivity contribution in [2.75, 3.05) is 6.54 Å². The van der Waals surface area contributed by atoms with E-state index in [1.54, 1.807) is 31.2 Å². The lowest BCUT2D eigenvalue weighted by molar-refractivity contribution is -0.134. The molecule has 28 heavy (non-hydrogen) atoms. The van der Waals surface area contributed by atoms with Crippen molar-refractivity contribution in [3.63, 3.8) is 0 Å². The SMILES string of the molecule is CC1(c2ccc(C#N)cc2)NC(=O)N(CC(=O)NCc2ccc(F)cc2)C1=O. The number of halogens is 1. The van der Waals surface area contributed by atoms with Crippen molar-refractivity contribution in [1.29, 1.82) is 5.26 Å². The van der Waals surface area contributed by atoms with Crippen LogP contribution in [0.25, 0.3) is 0 Å². The fourth-order valence-corrected chi connectivity index (χ4v) is 2.92. The van der Waals surface area contributed by atoms with E-state index in [9.17, 15) is 18.8 Å². The Kier molecular flexibility index (Phi) is 5.09. The van der Waals surface area contributed by atoms with Crippen LogP contribution < -0.4 is 10.6 Å². The lowest BCUT2D eigenvalue weighted by Crippen LogP contribution is -2.43. The van der Waals surface area contributed by atoms with E-state index >= 15 is 0 Å². The summed E-state index contributed by atoms with van der Waals surface area (Å²) in [4.78, 5) is 38.1. The second-order valence-corrected chi connectivity index (χ2v) is 6.54. The molecule has 1 unspecified atom stereocenters. The van der Waals surface area contributed by atoms with Crippen LogP contribution in [0, 0.1) is 17.1 Å². The highest BCUT2D eigenvalue weighted by atomic mass is 19.1. The molecule has 2 N–H and O–H groups in total. The van der Waals surface area contributed by atoms with Crippen LogP contribution >= 0.6 is 0 Å². The summed E-state index contributed by atoms with van der Waals surface area (Å²) in [6, 6.07) is 13.2. The van der Waals surface area contributed by atoms with Gasteiger partial charge in [0, 0.05) is 6.54 Å². The van der Waals surface area contributed by atoms with E-state index in [1.807, 2.05) is 6.07 Å². The van der Waals surface area contributed by atoms with Crippen molar-refractivity contribution in [3.8, 4) is 6.07 Å². The molecular formula is C20H17FN4O3. The van der Waals surface area contributed by atoms with Gasteiger partial charge in [0.15, 0.2) is 0 Å². The number of nitrogens with one attached hydrogen (secondary N) is 2. The molecule has 0 aromatic heterocycles. The molecule has 1 fully saturated rings. The van der Waals surface area contributed by atoms with E-state index in [4.69, 9.17) is 5.26 Å². The van der Waals surface area contributed by atoms with Gasteiger partial charge in [0.2, 0.25) is 5.91 Å². The Morgan fingerprint density at radius 3 is 2.43 bits per heavy atom. The molecule has 0 bridgehead atoms. The van der Waals surface area contributed by atoms with Gasteiger partial charge >= 0.3 is 6.03 Å². The first-order chi connectivity index (χ1) is 13.3. The largest absolute Gasteiger partial charge is 0.350 e. The van der Waals surface area contributed by atoms with Crippen molar-refractivity contribution < 1.29 is 18.8 Å². The summed E-state index contributed by atoms with van der Waals surface area (Å²) in [5.41, 5.74) is 0.317. The number of urea groups is 1. The van der Waals surface area contributed by atoms with Gasteiger partial charge in [-0.05, 0) is 42.3 Å². The zero-order valence-corrected chi connectivity index (χ0v) is 15.0. The van der Waals surface area contributed by atoms with E-state index in [2.05, 4.69) is 10.6 Å². The lowest BCUT2D eigenvalue weighted by Gasteiger charge is -2.22. The van der Waals surface area contributed by atoms with Crippen LogP contribution in [0.2, 0.25) is 0 Å². The highest BCUT2D eigenvalue weighted by Gasteiger charge is 2.49. The summed E-state index contributed by atoms with van der Waals surface area (Å²) in [6.07, 6.45) is 0. The van der Waals surface area contributed by atoms with Gasteiger partial charge in [-0.1, -0.05) is 24.3 Å². The van der Waals surface area contributed by atoms with Crippen LogP contribution in [0.3, 0.4) is 0 Å². The van der Waals surface area contributed by atoms with Gasteiger partial charge in [-0.25, -0.2) is 9.18 Å². The van der Waals surface area contributed by atoms with Crippen molar-refractivity contribution >= 4 is 17.8 Å². The number of rotatable bonds is 5. The first-order valence-corrected chi connectivity index (χ1v) is 8.49. The Balaban J connectivity index is 1.66. The molecule has 1 heterocycles. The van der Waals surface area contributed by atoms with Gasteiger partial charge in [-0.15, -0.1) is 0 Å². The molecular weight excluding hydrogens is 363 g/mol. The Hall–Kier alpha value is -3.73. The van der Waals surface area contributed by atoms with Crippen LogP contribution in [-0.2, 0) is 21.7 Å². The average Bonchev–Trinajstić information content (AvgIpc) is 2.91. The number of carbonyl (C=O) groups is 3. The van der Waals surface area contributed by atoms with Crippen molar-refractivity contribution in [1.82, 2.24) is 15.5 Å². The van der Waals surface area contributed by atoms with Crippen LogP contribution in [-0.4, -0.2) is 29.3 Å². The fraction of sp³-hybridized carbons (Fsp3) is 0.200. The van der Waals surface area contributed by atoms with E-state index in [1.165, 1.54) is 24.3 Å². The zero-order chi connectivity index (χ0) is 20.3. The molecule has 1 aliphatic heterocycles. The van der Waals surface area contributed by atoms with Crippen molar-refractivity contribution in [2.24, 2.45) is 0 Å². The number of benzene rings is 2.